The van der Waals surface area contributed by atoms with Gasteiger partial charge in [-0.2, -0.15) is 0 Å². The summed E-state index contributed by atoms with van der Waals surface area (Å²) in [4.78, 5) is 27.4. The molecule has 0 atom stereocenters. The summed E-state index contributed by atoms with van der Waals surface area (Å²) in [6, 6.07) is 13.2. The van der Waals surface area contributed by atoms with Crippen molar-refractivity contribution >= 4 is 35.3 Å². The third kappa shape index (κ3) is 5.90. The Bertz CT molecular complexity index is 891. The maximum atomic E-state index is 12.3. The van der Waals surface area contributed by atoms with Crippen molar-refractivity contribution in [2.24, 2.45) is 0 Å². The van der Waals surface area contributed by atoms with Crippen LogP contribution in [0, 0.1) is 0 Å². The number of anilines is 2. The number of nitrogens with one attached hydrogen (secondary N) is 2. The molecule has 3 rings (SSSR count). The first-order valence-corrected chi connectivity index (χ1v) is 10.8. The molecule has 2 N–H and O–H groups in total. The Kier molecular flexibility index (Phi) is 6.37. The van der Waals surface area contributed by atoms with Gasteiger partial charge < -0.3 is 20.3 Å². The van der Waals surface area contributed by atoms with Crippen molar-refractivity contribution in [1.29, 1.82) is 0 Å². The zero-order valence-electron chi connectivity index (χ0n) is 17.2. The zero-order chi connectivity index (χ0) is 21.0. The summed E-state index contributed by atoms with van der Waals surface area (Å²) in [6.07, 6.45) is 2.44. The molecule has 0 radical (unpaired) electrons. The molecule has 0 fully saturated rings. The van der Waals surface area contributed by atoms with Gasteiger partial charge in [0.1, 0.15) is 5.60 Å². The SMILES string of the molecule is CSc1ccc(NC(=O)Nc2ccc3c(c2)CCN(C(=O)OC(C)(C)C)C3)cc1. The Balaban J connectivity index is 1.59. The van der Waals surface area contributed by atoms with Crippen LogP contribution < -0.4 is 10.6 Å². The van der Waals surface area contributed by atoms with Crippen LogP contribution in [0.2, 0.25) is 0 Å². The Morgan fingerprint density at radius 2 is 1.66 bits per heavy atom. The van der Waals surface area contributed by atoms with Gasteiger partial charge in [0, 0.05) is 29.4 Å². The van der Waals surface area contributed by atoms with Gasteiger partial charge >= 0.3 is 12.1 Å². The molecular weight excluding hydrogens is 386 g/mol. The molecule has 1 aliphatic rings. The highest BCUT2D eigenvalue weighted by Gasteiger charge is 2.25. The van der Waals surface area contributed by atoms with Crippen LogP contribution in [0.5, 0.6) is 0 Å². The second-order valence-corrected chi connectivity index (χ2v) is 8.82. The lowest BCUT2D eigenvalue weighted by Gasteiger charge is -2.31. The van der Waals surface area contributed by atoms with E-state index >= 15 is 0 Å². The molecule has 2 aromatic carbocycles. The minimum atomic E-state index is -0.506. The number of carbonyl (C=O) groups is 2. The van der Waals surface area contributed by atoms with Gasteiger partial charge in [-0.1, -0.05) is 6.07 Å². The summed E-state index contributed by atoms with van der Waals surface area (Å²) in [6.45, 7) is 6.70. The predicted molar refractivity (Wildman–Crippen MR) is 118 cm³/mol. The lowest BCUT2D eigenvalue weighted by atomic mass is 9.99. The van der Waals surface area contributed by atoms with Crippen LogP contribution in [0.4, 0.5) is 21.0 Å². The smallest absolute Gasteiger partial charge is 0.410 e. The monoisotopic (exact) mass is 413 g/mol. The molecule has 3 amide bonds. The van der Waals surface area contributed by atoms with E-state index in [1.165, 1.54) is 0 Å². The van der Waals surface area contributed by atoms with E-state index < -0.39 is 5.60 Å². The van der Waals surface area contributed by atoms with E-state index in [1.54, 1.807) is 16.7 Å². The van der Waals surface area contributed by atoms with E-state index in [2.05, 4.69) is 10.6 Å². The molecule has 0 aromatic heterocycles. The number of rotatable bonds is 3. The quantitative estimate of drug-likeness (QED) is 0.666. The molecule has 6 nitrogen and oxygen atoms in total. The Morgan fingerprint density at radius 1 is 1.00 bits per heavy atom. The van der Waals surface area contributed by atoms with Crippen molar-refractivity contribution in [3.05, 3.63) is 53.6 Å². The number of urea groups is 1. The second-order valence-electron chi connectivity index (χ2n) is 7.94. The van der Waals surface area contributed by atoms with Crippen LogP contribution in [-0.4, -0.2) is 35.4 Å². The molecule has 0 saturated heterocycles. The van der Waals surface area contributed by atoms with Gasteiger partial charge in [0.15, 0.2) is 0 Å². The minimum Gasteiger partial charge on any atom is -0.444 e. The Labute approximate surface area is 176 Å². The average Bonchev–Trinajstić information content (AvgIpc) is 2.66. The highest BCUT2D eigenvalue weighted by atomic mass is 32.2. The van der Waals surface area contributed by atoms with Crippen LogP contribution in [0.25, 0.3) is 0 Å². The average molecular weight is 414 g/mol. The molecule has 0 unspecified atom stereocenters. The topological polar surface area (TPSA) is 70.7 Å². The Hall–Kier alpha value is -2.67. The largest absolute Gasteiger partial charge is 0.444 e. The van der Waals surface area contributed by atoms with Gasteiger partial charge in [0.05, 0.1) is 0 Å². The Morgan fingerprint density at radius 3 is 2.31 bits per heavy atom. The summed E-state index contributed by atoms with van der Waals surface area (Å²) in [5.74, 6) is 0. The number of carbonyl (C=O) groups excluding carboxylic acids is 2. The standard InChI is InChI=1S/C22H27N3O3S/c1-22(2,3)28-21(27)25-12-11-15-13-18(6-5-16(15)14-25)24-20(26)23-17-7-9-19(29-4)10-8-17/h5-10,13H,11-12,14H2,1-4H3,(H2,23,24,26). The van der Waals surface area contributed by atoms with Crippen molar-refractivity contribution in [3.63, 3.8) is 0 Å². The van der Waals surface area contributed by atoms with Crippen molar-refractivity contribution in [1.82, 2.24) is 4.90 Å². The van der Waals surface area contributed by atoms with E-state index in [0.717, 1.165) is 33.8 Å². The first-order valence-electron chi connectivity index (χ1n) is 9.55. The molecule has 2 aromatic rings. The van der Waals surface area contributed by atoms with Crippen LogP contribution >= 0.6 is 11.8 Å². The number of thioether (sulfide) groups is 1. The van der Waals surface area contributed by atoms with Gasteiger partial charge in [-0.15, -0.1) is 11.8 Å². The van der Waals surface area contributed by atoms with Crippen molar-refractivity contribution < 1.29 is 14.3 Å². The zero-order valence-corrected chi connectivity index (χ0v) is 18.1. The van der Waals surface area contributed by atoms with Crippen molar-refractivity contribution in [2.45, 2.75) is 44.2 Å². The third-order valence-corrected chi connectivity index (χ3v) is 5.22. The number of ether oxygens (including phenoxy) is 1. The highest BCUT2D eigenvalue weighted by Crippen LogP contribution is 2.24. The summed E-state index contributed by atoms with van der Waals surface area (Å²) in [7, 11) is 0. The van der Waals surface area contributed by atoms with Gasteiger partial charge in [-0.3, -0.25) is 0 Å². The fraction of sp³-hybridized carbons (Fsp3) is 0.364. The number of nitrogens with zero attached hydrogens (tertiary/aromatic N) is 1. The number of hydrogen-bond donors (Lipinski definition) is 2. The molecular formula is C22H27N3O3S. The van der Waals surface area contributed by atoms with E-state index in [1.807, 2.05) is 69.5 Å². The van der Waals surface area contributed by atoms with Gasteiger partial charge in [-0.05, 0) is 81.0 Å². The van der Waals surface area contributed by atoms with Gasteiger partial charge in [-0.25, -0.2) is 9.59 Å². The van der Waals surface area contributed by atoms with Gasteiger partial charge in [0.25, 0.3) is 0 Å². The first-order chi connectivity index (χ1) is 13.7. The summed E-state index contributed by atoms with van der Waals surface area (Å²) >= 11 is 1.66. The summed E-state index contributed by atoms with van der Waals surface area (Å²) in [5, 5.41) is 5.71. The minimum absolute atomic E-state index is 0.284. The molecule has 0 spiro atoms. The van der Waals surface area contributed by atoms with E-state index in [4.69, 9.17) is 4.74 Å². The van der Waals surface area contributed by atoms with E-state index in [-0.39, 0.29) is 12.1 Å². The van der Waals surface area contributed by atoms with Gasteiger partial charge in [0.2, 0.25) is 0 Å². The summed E-state index contributed by atoms with van der Waals surface area (Å²) in [5.41, 5.74) is 3.17. The van der Waals surface area contributed by atoms with Crippen molar-refractivity contribution in [2.75, 3.05) is 23.4 Å². The lowest BCUT2D eigenvalue weighted by molar-refractivity contribution is 0.0224. The van der Waals surface area contributed by atoms with E-state index in [9.17, 15) is 9.59 Å². The first kappa shape index (κ1) is 21.0. The lowest BCUT2D eigenvalue weighted by Crippen LogP contribution is -2.39. The maximum absolute atomic E-state index is 12.3. The number of fused-ring (bicyclic) bond motifs is 1. The third-order valence-electron chi connectivity index (χ3n) is 4.48. The molecule has 29 heavy (non-hydrogen) atoms. The summed E-state index contributed by atoms with van der Waals surface area (Å²) < 4.78 is 5.46. The van der Waals surface area contributed by atoms with Crippen LogP contribution in [-0.2, 0) is 17.7 Å². The van der Waals surface area contributed by atoms with Crippen molar-refractivity contribution in [3.8, 4) is 0 Å². The molecule has 0 bridgehead atoms. The fourth-order valence-corrected chi connectivity index (χ4v) is 3.49. The number of amides is 3. The maximum Gasteiger partial charge on any atom is 0.410 e. The number of hydrogen-bond acceptors (Lipinski definition) is 4. The molecule has 0 saturated carbocycles. The normalized spacial score (nSPS) is 13.4. The molecule has 1 aliphatic heterocycles. The molecule has 0 aliphatic carbocycles. The fourth-order valence-electron chi connectivity index (χ4n) is 3.08. The molecule has 7 heteroatoms. The molecule has 1 heterocycles. The highest BCUT2D eigenvalue weighted by molar-refractivity contribution is 7.98. The molecule has 154 valence electrons. The number of benzene rings is 2. The predicted octanol–water partition coefficient (Wildman–Crippen LogP) is 5.35. The van der Waals surface area contributed by atoms with Crippen LogP contribution in [0.15, 0.2) is 47.4 Å². The van der Waals surface area contributed by atoms with Crippen LogP contribution in [0.1, 0.15) is 31.9 Å². The van der Waals surface area contributed by atoms with E-state index in [0.29, 0.717) is 13.1 Å². The van der Waals surface area contributed by atoms with Crippen LogP contribution in [0.3, 0.4) is 0 Å². The second kappa shape index (κ2) is 8.78.